The minimum atomic E-state index is -0.499. The number of carbonyl (C=O) groups excluding carboxylic acids is 2. The molecule has 2 heterocycles. The van der Waals surface area contributed by atoms with E-state index >= 15 is 0 Å². The lowest BCUT2D eigenvalue weighted by Crippen LogP contribution is -2.36. The molecule has 132 valence electrons. The van der Waals surface area contributed by atoms with E-state index in [-0.39, 0.29) is 24.0 Å². The Morgan fingerprint density at radius 3 is 2.69 bits per heavy atom. The molecule has 2 aromatic rings. The lowest BCUT2D eigenvalue weighted by atomic mass is 9.91. The van der Waals surface area contributed by atoms with Crippen LogP contribution in [0.15, 0.2) is 56.9 Å². The van der Waals surface area contributed by atoms with Gasteiger partial charge in [-0.2, -0.15) is 5.26 Å². The summed E-state index contributed by atoms with van der Waals surface area (Å²) in [6, 6.07) is 13.3. The third-order valence-electron chi connectivity index (χ3n) is 3.85. The molecule has 0 saturated heterocycles. The molecule has 3 rings (SSSR count). The lowest BCUT2D eigenvalue weighted by molar-refractivity contribution is -0.118. The third-order valence-corrected chi connectivity index (χ3v) is 6.47. The highest BCUT2D eigenvalue weighted by Crippen LogP contribution is 2.43. The molecule has 8 heteroatoms. The number of amides is 2. The van der Waals surface area contributed by atoms with Crippen LogP contribution in [0.1, 0.15) is 17.2 Å². The molecule has 0 aliphatic carbocycles. The summed E-state index contributed by atoms with van der Waals surface area (Å²) in [5.74, 6) is -0.912. The normalized spacial score (nSPS) is 17.3. The van der Waals surface area contributed by atoms with Crippen molar-refractivity contribution in [1.29, 1.82) is 5.26 Å². The maximum atomic E-state index is 12.9. The zero-order chi connectivity index (χ0) is 18.7. The quantitative estimate of drug-likeness (QED) is 0.750. The molecule has 0 bridgehead atoms. The molecule has 2 N–H and O–H groups in total. The predicted octanol–water partition coefficient (Wildman–Crippen LogP) is 3.98. The van der Waals surface area contributed by atoms with Crippen LogP contribution in [0.3, 0.4) is 0 Å². The number of halogens is 1. The van der Waals surface area contributed by atoms with Gasteiger partial charge in [-0.15, -0.1) is 11.3 Å². The maximum absolute atomic E-state index is 12.9. The number of hydrogen-bond donors (Lipinski definition) is 1. The van der Waals surface area contributed by atoms with Crippen LogP contribution in [0.4, 0.5) is 5.69 Å². The molecule has 1 aromatic carbocycles. The number of nitriles is 1. The van der Waals surface area contributed by atoms with Gasteiger partial charge in [0.15, 0.2) is 0 Å². The maximum Gasteiger partial charge on any atom is 0.232 e. The second-order valence-corrected chi connectivity index (χ2v) is 8.42. The molecule has 1 unspecified atom stereocenters. The number of allylic oxidation sites excluding steroid dienone is 1. The van der Waals surface area contributed by atoms with Gasteiger partial charge in [0.05, 0.1) is 22.4 Å². The highest BCUT2D eigenvalue weighted by atomic mass is 79.9. The topological polar surface area (TPSA) is 87.2 Å². The summed E-state index contributed by atoms with van der Waals surface area (Å²) >= 11 is 6.02. The number of anilines is 1. The zero-order valence-electron chi connectivity index (χ0n) is 13.5. The monoisotopic (exact) mass is 447 g/mol. The van der Waals surface area contributed by atoms with Crippen molar-refractivity contribution in [2.75, 3.05) is 10.7 Å². The Labute approximate surface area is 167 Å². The SMILES string of the molecule is N#CC1=C(SCC(N)=O)N(c2ccc(Br)cc2)C(=O)CC1c1cccs1. The Hall–Kier alpha value is -2.08. The van der Waals surface area contributed by atoms with Crippen molar-refractivity contribution in [2.24, 2.45) is 5.73 Å². The van der Waals surface area contributed by atoms with Gasteiger partial charge in [0.1, 0.15) is 0 Å². The van der Waals surface area contributed by atoms with Crippen LogP contribution in [0, 0.1) is 11.3 Å². The van der Waals surface area contributed by atoms with Crippen molar-refractivity contribution in [3.8, 4) is 6.07 Å². The van der Waals surface area contributed by atoms with Gasteiger partial charge < -0.3 is 5.73 Å². The Bertz CT molecular complexity index is 902. The number of hydrogen-bond acceptors (Lipinski definition) is 5. The molecule has 1 aliphatic rings. The van der Waals surface area contributed by atoms with Crippen molar-refractivity contribution in [3.63, 3.8) is 0 Å². The lowest BCUT2D eigenvalue weighted by Gasteiger charge is -2.33. The fraction of sp³-hybridized carbons (Fsp3) is 0.167. The minimum absolute atomic E-state index is 0.00200. The number of benzene rings is 1. The minimum Gasteiger partial charge on any atom is -0.369 e. The van der Waals surface area contributed by atoms with E-state index in [1.165, 1.54) is 16.2 Å². The molecule has 26 heavy (non-hydrogen) atoms. The summed E-state index contributed by atoms with van der Waals surface area (Å²) in [4.78, 5) is 26.7. The smallest absolute Gasteiger partial charge is 0.232 e. The Kier molecular flexibility index (Phi) is 5.81. The first-order valence-electron chi connectivity index (χ1n) is 7.68. The summed E-state index contributed by atoms with van der Waals surface area (Å²) in [5.41, 5.74) is 6.43. The molecule has 2 amide bonds. The van der Waals surface area contributed by atoms with Crippen molar-refractivity contribution in [3.05, 3.63) is 61.7 Å². The molecular formula is C18H14BrN3O2S2. The van der Waals surface area contributed by atoms with Crippen molar-refractivity contribution < 1.29 is 9.59 Å². The van der Waals surface area contributed by atoms with Gasteiger partial charge in [-0.05, 0) is 35.7 Å². The van der Waals surface area contributed by atoms with E-state index in [9.17, 15) is 14.9 Å². The van der Waals surface area contributed by atoms with Crippen LogP contribution in [0.25, 0.3) is 0 Å². The van der Waals surface area contributed by atoms with Gasteiger partial charge >= 0.3 is 0 Å². The molecule has 0 spiro atoms. The van der Waals surface area contributed by atoms with Gasteiger partial charge in [0.2, 0.25) is 11.8 Å². The average molecular weight is 448 g/mol. The summed E-state index contributed by atoms with van der Waals surface area (Å²) in [7, 11) is 0. The number of thioether (sulfide) groups is 1. The fourth-order valence-corrected chi connectivity index (χ4v) is 4.80. The largest absolute Gasteiger partial charge is 0.369 e. The van der Waals surface area contributed by atoms with Gasteiger partial charge in [-0.1, -0.05) is 33.8 Å². The van der Waals surface area contributed by atoms with Gasteiger partial charge in [-0.25, -0.2) is 0 Å². The zero-order valence-corrected chi connectivity index (χ0v) is 16.7. The number of thiophene rings is 1. The van der Waals surface area contributed by atoms with E-state index in [2.05, 4.69) is 22.0 Å². The first-order chi connectivity index (χ1) is 12.5. The van der Waals surface area contributed by atoms with E-state index in [0.29, 0.717) is 16.3 Å². The summed E-state index contributed by atoms with van der Waals surface area (Å²) in [6.07, 6.45) is 0.208. The highest BCUT2D eigenvalue weighted by molar-refractivity contribution is 9.10. The van der Waals surface area contributed by atoms with Crippen LogP contribution >= 0.6 is 39.0 Å². The molecule has 1 atom stereocenters. The molecule has 0 fully saturated rings. The first kappa shape index (κ1) is 18.7. The van der Waals surface area contributed by atoms with Crippen LogP contribution in [-0.2, 0) is 9.59 Å². The second kappa shape index (κ2) is 8.08. The molecule has 1 aromatic heterocycles. The highest BCUT2D eigenvalue weighted by Gasteiger charge is 2.36. The van der Waals surface area contributed by atoms with Crippen LogP contribution < -0.4 is 10.6 Å². The standard InChI is InChI=1S/C18H14BrN3O2S2/c19-11-3-5-12(6-4-11)22-17(24)8-13(15-2-1-7-25-15)14(9-20)18(22)26-10-16(21)23/h1-7,13H,8,10H2,(H2,21,23). The van der Waals surface area contributed by atoms with Crippen molar-refractivity contribution in [2.45, 2.75) is 12.3 Å². The third kappa shape index (κ3) is 3.85. The van der Waals surface area contributed by atoms with Crippen molar-refractivity contribution in [1.82, 2.24) is 0 Å². The Morgan fingerprint density at radius 2 is 2.12 bits per heavy atom. The van der Waals surface area contributed by atoms with Crippen LogP contribution in [-0.4, -0.2) is 17.6 Å². The van der Waals surface area contributed by atoms with Gasteiger partial charge in [-0.3, -0.25) is 14.5 Å². The summed E-state index contributed by atoms with van der Waals surface area (Å²) in [6.45, 7) is 0. The first-order valence-corrected chi connectivity index (χ1v) is 10.3. The van der Waals surface area contributed by atoms with Crippen LogP contribution in [0.2, 0.25) is 0 Å². The Balaban J connectivity index is 2.11. The predicted molar refractivity (Wildman–Crippen MR) is 108 cm³/mol. The average Bonchev–Trinajstić information content (AvgIpc) is 3.15. The number of nitrogens with zero attached hydrogens (tertiary/aromatic N) is 2. The number of primary amides is 1. The number of rotatable bonds is 5. The van der Waals surface area contributed by atoms with Gasteiger partial charge in [0.25, 0.3) is 0 Å². The fourth-order valence-electron chi connectivity index (χ4n) is 2.74. The molecular weight excluding hydrogens is 434 g/mol. The summed E-state index contributed by atoms with van der Waals surface area (Å²) < 4.78 is 0.887. The van der Waals surface area contributed by atoms with E-state index in [1.807, 2.05) is 29.6 Å². The van der Waals surface area contributed by atoms with E-state index in [4.69, 9.17) is 5.73 Å². The summed E-state index contributed by atoms with van der Waals surface area (Å²) in [5, 5.41) is 12.2. The number of nitrogens with two attached hydrogens (primary N) is 1. The molecule has 5 nitrogen and oxygen atoms in total. The Morgan fingerprint density at radius 1 is 1.38 bits per heavy atom. The van der Waals surface area contributed by atoms with E-state index in [0.717, 1.165) is 21.1 Å². The number of carbonyl (C=O) groups is 2. The molecule has 1 aliphatic heterocycles. The second-order valence-electron chi connectivity index (χ2n) is 5.56. The molecule has 0 radical (unpaired) electrons. The van der Waals surface area contributed by atoms with Crippen LogP contribution in [0.5, 0.6) is 0 Å². The van der Waals surface area contributed by atoms with E-state index < -0.39 is 5.91 Å². The van der Waals surface area contributed by atoms with E-state index in [1.54, 1.807) is 12.1 Å². The van der Waals surface area contributed by atoms with Gasteiger partial charge in [0, 0.05) is 27.4 Å². The van der Waals surface area contributed by atoms with Crippen molar-refractivity contribution >= 4 is 56.5 Å². The molecule has 0 saturated carbocycles.